The molecule has 1 amide bonds. The summed E-state index contributed by atoms with van der Waals surface area (Å²) in [5, 5.41) is 15.0. The van der Waals surface area contributed by atoms with E-state index < -0.39 is 4.92 Å². The molecule has 0 fully saturated rings. The molecule has 6 nitrogen and oxygen atoms in total. The minimum atomic E-state index is -0.421. The van der Waals surface area contributed by atoms with Crippen LogP contribution in [0.15, 0.2) is 48.5 Å². The van der Waals surface area contributed by atoms with Crippen molar-refractivity contribution in [1.82, 2.24) is 10.3 Å². The van der Waals surface area contributed by atoms with Crippen molar-refractivity contribution in [1.29, 1.82) is 0 Å². The van der Waals surface area contributed by atoms with Gasteiger partial charge in [-0.2, -0.15) is 0 Å². The summed E-state index contributed by atoms with van der Waals surface area (Å²) < 4.78 is 0. The van der Waals surface area contributed by atoms with Gasteiger partial charge in [-0.3, -0.25) is 14.9 Å². The third-order valence-electron chi connectivity index (χ3n) is 4.75. The van der Waals surface area contributed by atoms with Gasteiger partial charge in [0.2, 0.25) is 0 Å². The first-order valence-electron chi connectivity index (χ1n) is 9.21. The normalized spacial score (nSPS) is 12.1. The molecule has 0 radical (unpaired) electrons. The molecule has 6 heteroatoms. The topological polar surface area (TPSA) is 88.0 Å². The zero-order valence-electron chi connectivity index (χ0n) is 15.5. The molecule has 0 spiro atoms. The van der Waals surface area contributed by atoms with Crippen molar-refractivity contribution in [2.75, 3.05) is 0 Å². The number of aromatic amines is 1. The first-order valence-corrected chi connectivity index (χ1v) is 9.21. The fourth-order valence-electron chi connectivity index (χ4n) is 3.35. The van der Waals surface area contributed by atoms with E-state index in [9.17, 15) is 14.9 Å². The molecule has 1 aromatic heterocycles. The summed E-state index contributed by atoms with van der Waals surface area (Å²) in [5.74, 6) is -0.187. The minimum Gasteiger partial charge on any atom is -0.350 e. The summed E-state index contributed by atoms with van der Waals surface area (Å²) in [4.78, 5) is 26.9. The molecule has 0 saturated heterocycles. The molecule has 0 aliphatic carbocycles. The summed E-state index contributed by atoms with van der Waals surface area (Å²) in [6.45, 7) is 4.14. The van der Waals surface area contributed by atoms with Gasteiger partial charge in [-0.05, 0) is 24.5 Å². The molecule has 0 bridgehead atoms. The largest absolute Gasteiger partial charge is 0.350 e. The van der Waals surface area contributed by atoms with Crippen molar-refractivity contribution < 1.29 is 9.72 Å². The number of rotatable bonds is 7. The number of nitrogens with one attached hydrogen (secondary N) is 2. The molecule has 140 valence electrons. The maximum absolute atomic E-state index is 13.0. The predicted octanol–water partition coefficient (Wildman–Crippen LogP) is 5.05. The lowest BCUT2D eigenvalue weighted by molar-refractivity contribution is -0.384. The fourth-order valence-corrected chi connectivity index (χ4v) is 3.35. The minimum absolute atomic E-state index is 0.00283. The molecular formula is C21H23N3O3. The van der Waals surface area contributed by atoms with Gasteiger partial charge in [-0.25, -0.2) is 0 Å². The molecule has 1 atom stereocenters. The van der Waals surface area contributed by atoms with Gasteiger partial charge in [0, 0.05) is 34.6 Å². The molecule has 0 aliphatic heterocycles. The molecule has 27 heavy (non-hydrogen) atoms. The molecule has 3 rings (SSSR count). The maximum atomic E-state index is 13.0. The second-order valence-electron chi connectivity index (χ2n) is 6.60. The highest BCUT2D eigenvalue weighted by Crippen LogP contribution is 2.34. The monoisotopic (exact) mass is 365 g/mol. The Balaban J connectivity index is 2.14. The number of H-pyrrole nitrogens is 1. The number of amides is 1. The lowest BCUT2D eigenvalue weighted by Crippen LogP contribution is -2.34. The van der Waals surface area contributed by atoms with Crippen LogP contribution >= 0.6 is 0 Å². The average molecular weight is 365 g/mol. The summed E-state index contributed by atoms with van der Waals surface area (Å²) >= 11 is 0. The van der Waals surface area contributed by atoms with E-state index in [1.54, 1.807) is 6.07 Å². The van der Waals surface area contributed by atoms with Crippen LogP contribution in [0.5, 0.6) is 0 Å². The molecule has 2 N–H and O–H groups in total. The Morgan fingerprint density at radius 3 is 2.56 bits per heavy atom. The number of aromatic nitrogens is 1. The van der Waals surface area contributed by atoms with Crippen molar-refractivity contribution in [3.63, 3.8) is 0 Å². The first kappa shape index (κ1) is 18.6. The standard InChI is InChI=1S/C21H23N3O3/c1-3-8-15(4-2)22-21(25)20-19(14-9-6-5-7-10-14)17-13-16(24(26)27)11-12-18(17)23-20/h5-7,9-13,15,23H,3-4,8H2,1-2H3,(H,22,25). The molecule has 1 unspecified atom stereocenters. The first-order chi connectivity index (χ1) is 13.0. The van der Waals surface area contributed by atoms with Crippen LogP contribution in [-0.4, -0.2) is 21.9 Å². The number of nitro groups is 1. The number of non-ortho nitro benzene ring substituents is 1. The summed E-state index contributed by atoms with van der Waals surface area (Å²) in [7, 11) is 0. The number of hydrogen-bond donors (Lipinski definition) is 2. The highest BCUT2D eigenvalue weighted by molar-refractivity contribution is 6.10. The van der Waals surface area contributed by atoms with E-state index in [2.05, 4.69) is 17.2 Å². The zero-order valence-corrected chi connectivity index (χ0v) is 15.5. The van der Waals surface area contributed by atoms with E-state index in [4.69, 9.17) is 0 Å². The number of nitro benzene ring substituents is 1. The summed E-state index contributed by atoms with van der Waals surface area (Å²) in [6.07, 6.45) is 2.75. The average Bonchev–Trinajstić information content (AvgIpc) is 3.07. The van der Waals surface area contributed by atoms with E-state index in [-0.39, 0.29) is 17.6 Å². The second kappa shape index (κ2) is 8.03. The SMILES string of the molecule is CCCC(CC)NC(=O)c1[nH]c2ccc([N+](=O)[O-])cc2c1-c1ccccc1. The number of nitrogens with zero attached hydrogens (tertiary/aromatic N) is 1. The van der Waals surface area contributed by atoms with Crippen LogP contribution in [0.1, 0.15) is 43.6 Å². The highest BCUT2D eigenvalue weighted by Gasteiger charge is 2.22. The molecule has 0 aliphatic rings. The van der Waals surface area contributed by atoms with Gasteiger partial charge in [-0.1, -0.05) is 50.6 Å². The van der Waals surface area contributed by atoms with E-state index in [0.29, 0.717) is 22.2 Å². The van der Waals surface area contributed by atoms with Crippen LogP contribution in [-0.2, 0) is 0 Å². The van der Waals surface area contributed by atoms with Crippen LogP contribution in [0.4, 0.5) is 5.69 Å². The van der Waals surface area contributed by atoms with Crippen molar-refractivity contribution >= 4 is 22.5 Å². The summed E-state index contributed by atoms with van der Waals surface area (Å²) in [5.41, 5.74) is 2.68. The van der Waals surface area contributed by atoms with Crippen molar-refractivity contribution in [3.8, 4) is 11.1 Å². The molecule has 1 heterocycles. The van der Waals surface area contributed by atoms with Crippen LogP contribution < -0.4 is 5.32 Å². The predicted molar refractivity (Wildman–Crippen MR) is 107 cm³/mol. The van der Waals surface area contributed by atoms with Crippen LogP contribution in [0.2, 0.25) is 0 Å². The Morgan fingerprint density at radius 1 is 1.19 bits per heavy atom. The quantitative estimate of drug-likeness (QED) is 0.453. The molecule has 0 saturated carbocycles. The van der Waals surface area contributed by atoms with Crippen molar-refractivity contribution in [2.45, 2.75) is 39.2 Å². The van der Waals surface area contributed by atoms with Gasteiger partial charge in [0.25, 0.3) is 11.6 Å². The van der Waals surface area contributed by atoms with Crippen molar-refractivity contribution in [2.24, 2.45) is 0 Å². The van der Waals surface area contributed by atoms with E-state index >= 15 is 0 Å². The van der Waals surface area contributed by atoms with Gasteiger partial charge in [-0.15, -0.1) is 0 Å². The van der Waals surface area contributed by atoms with E-state index in [1.165, 1.54) is 12.1 Å². The smallest absolute Gasteiger partial charge is 0.270 e. The molecular weight excluding hydrogens is 342 g/mol. The van der Waals surface area contributed by atoms with Gasteiger partial charge in [0.05, 0.1) is 4.92 Å². The number of carbonyl (C=O) groups is 1. The second-order valence-corrected chi connectivity index (χ2v) is 6.60. The third kappa shape index (κ3) is 3.84. The van der Waals surface area contributed by atoms with Crippen molar-refractivity contribution in [3.05, 3.63) is 64.3 Å². The lowest BCUT2D eigenvalue weighted by Gasteiger charge is -2.16. The van der Waals surface area contributed by atoms with Gasteiger partial charge < -0.3 is 10.3 Å². The Bertz CT molecular complexity index is 963. The zero-order chi connectivity index (χ0) is 19.4. The summed E-state index contributed by atoms with van der Waals surface area (Å²) in [6, 6.07) is 14.2. The van der Waals surface area contributed by atoms with Crippen LogP contribution in [0.3, 0.4) is 0 Å². The number of benzene rings is 2. The number of carbonyl (C=O) groups excluding carboxylic acids is 1. The van der Waals surface area contributed by atoms with E-state index in [1.807, 2.05) is 37.3 Å². The Morgan fingerprint density at radius 2 is 1.93 bits per heavy atom. The molecule has 2 aromatic carbocycles. The maximum Gasteiger partial charge on any atom is 0.270 e. The van der Waals surface area contributed by atoms with Crippen LogP contribution in [0, 0.1) is 10.1 Å². The van der Waals surface area contributed by atoms with Gasteiger partial charge >= 0.3 is 0 Å². The Labute approximate surface area is 157 Å². The number of hydrogen-bond acceptors (Lipinski definition) is 3. The van der Waals surface area contributed by atoms with Gasteiger partial charge in [0.15, 0.2) is 0 Å². The number of fused-ring (bicyclic) bond motifs is 1. The Kier molecular flexibility index (Phi) is 5.54. The third-order valence-corrected chi connectivity index (χ3v) is 4.75. The Hall–Kier alpha value is -3.15. The van der Waals surface area contributed by atoms with E-state index in [0.717, 1.165) is 24.8 Å². The van der Waals surface area contributed by atoms with Crippen LogP contribution in [0.25, 0.3) is 22.0 Å². The van der Waals surface area contributed by atoms with Gasteiger partial charge in [0.1, 0.15) is 5.69 Å². The fraction of sp³-hybridized carbons (Fsp3) is 0.286. The highest BCUT2D eigenvalue weighted by atomic mass is 16.6. The molecule has 3 aromatic rings. The lowest BCUT2D eigenvalue weighted by atomic mass is 10.0.